The van der Waals surface area contributed by atoms with E-state index in [4.69, 9.17) is 4.74 Å². The molecule has 116 valence electrons. The molecule has 0 radical (unpaired) electrons. The number of hydrogen-bond donors (Lipinski definition) is 1. The number of carbonyl (C=O) groups is 3. The molecule has 3 rings (SSSR count). The molecule has 1 aliphatic heterocycles. The highest BCUT2D eigenvalue weighted by Gasteiger charge is 2.31. The molecule has 1 atom stereocenters. The number of cyclic esters (lactones) is 1. The van der Waals surface area contributed by atoms with Crippen molar-refractivity contribution in [2.24, 2.45) is 0 Å². The van der Waals surface area contributed by atoms with Crippen molar-refractivity contribution in [3.63, 3.8) is 0 Å². The molecule has 23 heavy (non-hydrogen) atoms. The van der Waals surface area contributed by atoms with E-state index in [2.05, 4.69) is 5.32 Å². The van der Waals surface area contributed by atoms with Crippen LogP contribution in [0.5, 0.6) is 0 Å². The Hall–Kier alpha value is -2.95. The van der Waals surface area contributed by atoms with Crippen molar-refractivity contribution in [3.05, 3.63) is 65.2 Å². The van der Waals surface area contributed by atoms with Gasteiger partial charge in [-0.25, -0.2) is 4.79 Å². The maximum atomic E-state index is 12.3. The SMILES string of the molecule is CC(=O)c1cccc(NC(=O)[C@@H]2Cc3ccccc3C(=O)O2)c1. The average Bonchev–Trinajstić information content (AvgIpc) is 2.55. The van der Waals surface area contributed by atoms with Gasteiger partial charge >= 0.3 is 5.97 Å². The minimum Gasteiger partial charge on any atom is -0.448 e. The molecule has 1 aliphatic rings. The Morgan fingerprint density at radius 3 is 2.70 bits per heavy atom. The van der Waals surface area contributed by atoms with Crippen molar-refractivity contribution in [2.75, 3.05) is 5.32 Å². The lowest BCUT2D eigenvalue weighted by Crippen LogP contribution is -2.37. The van der Waals surface area contributed by atoms with Crippen LogP contribution < -0.4 is 5.32 Å². The highest BCUT2D eigenvalue weighted by molar-refractivity contribution is 6.01. The van der Waals surface area contributed by atoms with E-state index in [1.807, 2.05) is 12.1 Å². The van der Waals surface area contributed by atoms with Gasteiger partial charge in [-0.1, -0.05) is 30.3 Å². The van der Waals surface area contributed by atoms with E-state index in [9.17, 15) is 14.4 Å². The van der Waals surface area contributed by atoms with Gasteiger partial charge in [0.1, 0.15) is 0 Å². The van der Waals surface area contributed by atoms with Crippen LogP contribution in [0.1, 0.15) is 33.2 Å². The third-order valence-corrected chi connectivity index (χ3v) is 3.72. The van der Waals surface area contributed by atoms with Gasteiger partial charge in [0.15, 0.2) is 11.9 Å². The molecule has 2 aromatic rings. The molecule has 0 aromatic heterocycles. The molecule has 1 heterocycles. The molecule has 1 N–H and O–H groups in total. The zero-order valence-corrected chi connectivity index (χ0v) is 12.5. The normalized spacial score (nSPS) is 16.2. The zero-order valence-electron chi connectivity index (χ0n) is 12.5. The first-order valence-electron chi connectivity index (χ1n) is 7.25. The molecular formula is C18H15NO4. The summed E-state index contributed by atoms with van der Waals surface area (Å²) >= 11 is 0. The van der Waals surface area contributed by atoms with Crippen molar-refractivity contribution in [2.45, 2.75) is 19.4 Å². The molecule has 0 spiro atoms. The minimum absolute atomic E-state index is 0.0841. The number of nitrogens with one attached hydrogen (secondary N) is 1. The summed E-state index contributed by atoms with van der Waals surface area (Å²) in [5.74, 6) is -0.989. The van der Waals surface area contributed by atoms with Gasteiger partial charge in [0, 0.05) is 17.7 Å². The molecule has 5 nitrogen and oxygen atoms in total. The second-order valence-electron chi connectivity index (χ2n) is 5.38. The van der Waals surface area contributed by atoms with Crippen molar-refractivity contribution >= 4 is 23.3 Å². The third kappa shape index (κ3) is 3.13. The number of Topliss-reactive ketones (excluding diaryl/α,β-unsaturated/α-hetero) is 1. The Morgan fingerprint density at radius 1 is 1.13 bits per heavy atom. The van der Waals surface area contributed by atoms with Crippen LogP contribution in [0.15, 0.2) is 48.5 Å². The number of carbonyl (C=O) groups excluding carboxylic acids is 3. The Labute approximate surface area is 133 Å². The van der Waals surface area contributed by atoms with Crippen LogP contribution in [0.2, 0.25) is 0 Å². The van der Waals surface area contributed by atoms with Crippen LogP contribution in [0.3, 0.4) is 0 Å². The van der Waals surface area contributed by atoms with Gasteiger partial charge in [0.25, 0.3) is 5.91 Å². The van der Waals surface area contributed by atoms with Gasteiger partial charge in [-0.3, -0.25) is 9.59 Å². The molecule has 0 unspecified atom stereocenters. The standard InChI is InChI=1S/C18H15NO4/c1-11(20)12-6-4-7-14(9-12)19-17(21)16-10-13-5-2-3-8-15(13)18(22)23-16/h2-9,16H,10H2,1H3,(H,19,21)/t16-/m0/s1. The Kier molecular flexibility index (Phi) is 3.93. The molecule has 0 aliphatic carbocycles. The number of rotatable bonds is 3. The lowest BCUT2D eigenvalue weighted by atomic mass is 9.98. The summed E-state index contributed by atoms with van der Waals surface area (Å²) in [5.41, 5.74) is 2.29. The minimum atomic E-state index is -0.876. The quantitative estimate of drug-likeness (QED) is 0.699. The Morgan fingerprint density at radius 2 is 1.91 bits per heavy atom. The lowest BCUT2D eigenvalue weighted by Gasteiger charge is -2.23. The fraction of sp³-hybridized carbons (Fsp3) is 0.167. The Balaban J connectivity index is 1.76. The van der Waals surface area contributed by atoms with E-state index in [-0.39, 0.29) is 5.78 Å². The predicted octanol–water partition coefficient (Wildman–Crippen LogP) is 2.61. The summed E-state index contributed by atoms with van der Waals surface area (Å²) in [5, 5.41) is 2.69. The van der Waals surface area contributed by atoms with Gasteiger partial charge in [-0.05, 0) is 30.7 Å². The summed E-state index contributed by atoms with van der Waals surface area (Å²) in [6.07, 6.45) is -0.543. The first-order chi connectivity index (χ1) is 11.0. The molecule has 1 amide bonds. The maximum Gasteiger partial charge on any atom is 0.339 e. The predicted molar refractivity (Wildman–Crippen MR) is 84.4 cm³/mol. The van der Waals surface area contributed by atoms with Crippen LogP contribution in [-0.4, -0.2) is 23.8 Å². The summed E-state index contributed by atoms with van der Waals surface area (Å²) in [7, 11) is 0. The third-order valence-electron chi connectivity index (χ3n) is 3.72. The van der Waals surface area contributed by atoms with Crippen LogP contribution >= 0.6 is 0 Å². The van der Waals surface area contributed by atoms with E-state index in [0.29, 0.717) is 23.2 Å². The van der Waals surface area contributed by atoms with E-state index < -0.39 is 18.0 Å². The first-order valence-corrected chi connectivity index (χ1v) is 7.25. The van der Waals surface area contributed by atoms with Gasteiger partial charge in [0.2, 0.25) is 0 Å². The highest BCUT2D eigenvalue weighted by atomic mass is 16.5. The number of ketones is 1. The fourth-order valence-corrected chi connectivity index (χ4v) is 2.52. The van der Waals surface area contributed by atoms with E-state index in [1.165, 1.54) is 6.92 Å². The number of fused-ring (bicyclic) bond motifs is 1. The number of esters is 1. The number of hydrogen-bond acceptors (Lipinski definition) is 4. The van der Waals surface area contributed by atoms with E-state index >= 15 is 0 Å². The second-order valence-corrected chi connectivity index (χ2v) is 5.38. The topological polar surface area (TPSA) is 72.5 Å². The molecule has 5 heteroatoms. The summed E-state index contributed by atoms with van der Waals surface area (Å²) < 4.78 is 5.21. The van der Waals surface area contributed by atoms with Gasteiger partial charge < -0.3 is 10.1 Å². The second kappa shape index (κ2) is 6.04. The van der Waals surface area contributed by atoms with Crippen LogP contribution in [0.4, 0.5) is 5.69 Å². The molecule has 2 aromatic carbocycles. The van der Waals surface area contributed by atoms with Crippen LogP contribution in [-0.2, 0) is 16.0 Å². The monoisotopic (exact) mass is 309 g/mol. The fourth-order valence-electron chi connectivity index (χ4n) is 2.52. The molecule has 0 fully saturated rings. The van der Waals surface area contributed by atoms with Crippen molar-refractivity contribution in [3.8, 4) is 0 Å². The number of amides is 1. The smallest absolute Gasteiger partial charge is 0.339 e. The summed E-state index contributed by atoms with van der Waals surface area (Å²) in [6, 6.07) is 13.7. The summed E-state index contributed by atoms with van der Waals surface area (Å²) in [4.78, 5) is 35.7. The van der Waals surface area contributed by atoms with Crippen molar-refractivity contribution in [1.82, 2.24) is 0 Å². The molecule has 0 bridgehead atoms. The van der Waals surface area contributed by atoms with Crippen LogP contribution in [0.25, 0.3) is 0 Å². The molecular weight excluding hydrogens is 294 g/mol. The Bertz CT molecular complexity index is 797. The first kappa shape index (κ1) is 15.0. The van der Waals surface area contributed by atoms with Gasteiger partial charge in [0.05, 0.1) is 5.56 Å². The molecule has 0 saturated heterocycles. The van der Waals surface area contributed by atoms with E-state index in [1.54, 1.807) is 36.4 Å². The average molecular weight is 309 g/mol. The largest absolute Gasteiger partial charge is 0.448 e. The number of ether oxygens (including phenoxy) is 1. The lowest BCUT2D eigenvalue weighted by molar-refractivity contribution is -0.125. The van der Waals surface area contributed by atoms with Gasteiger partial charge in [-0.2, -0.15) is 0 Å². The number of benzene rings is 2. The highest BCUT2D eigenvalue weighted by Crippen LogP contribution is 2.21. The number of anilines is 1. The van der Waals surface area contributed by atoms with Crippen LogP contribution in [0, 0.1) is 0 Å². The molecule has 0 saturated carbocycles. The summed E-state index contributed by atoms with van der Waals surface area (Å²) in [6.45, 7) is 1.46. The van der Waals surface area contributed by atoms with E-state index in [0.717, 1.165) is 5.56 Å². The van der Waals surface area contributed by atoms with Gasteiger partial charge in [-0.15, -0.1) is 0 Å². The maximum absolute atomic E-state index is 12.3. The van der Waals surface area contributed by atoms with Crippen molar-refractivity contribution in [1.29, 1.82) is 0 Å². The van der Waals surface area contributed by atoms with Crippen molar-refractivity contribution < 1.29 is 19.1 Å². The zero-order chi connectivity index (χ0) is 16.4.